The molecule has 1 N–H and O–H groups in total. The molecule has 5 nitrogen and oxygen atoms in total. The summed E-state index contributed by atoms with van der Waals surface area (Å²) in [4.78, 5) is 26.7. The molecule has 1 saturated heterocycles. The maximum atomic E-state index is 11.4. The Labute approximate surface area is 92.7 Å². The Hall–Kier alpha value is -2.17. The summed E-state index contributed by atoms with van der Waals surface area (Å²) in [5.74, 6) is -0.114. The van der Waals surface area contributed by atoms with E-state index < -0.39 is 0 Å². The Morgan fingerprint density at radius 2 is 2.06 bits per heavy atom. The second kappa shape index (κ2) is 4.14. The van der Waals surface area contributed by atoms with Gasteiger partial charge in [0.05, 0.1) is 12.1 Å². The molecular formula is C11H11N3O2. The molecule has 0 aromatic heterocycles. The molecule has 0 radical (unpaired) electrons. The van der Waals surface area contributed by atoms with Crippen LogP contribution in [-0.4, -0.2) is 22.7 Å². The summed E-state index contributed by atoms with van der Waals surface area (Å²) in [7, 11) is 0. The van der Waals surface area contributed by atoms with Gasteiger partial charge in [-0.1, -0.05) is 18.2 Å². The molecule has 0 aliphatic carbocycles. The summed E-state index contributed by atoms with van der Waals surface area (Å²) < 4.78 is 0. The molecule has 1 heterocycles. The number of carbonyl (C=O) groups excluding carboxylic acids is 2. The van der Waals surface area contributed by atoms with Gasteiger partial charge in [0.25, 0.3) is 5.91 Å². The lowest BCUT2D eigenvalue weighted by atomic mass is 10.3. The smallest absolute Gasteiger partial charge is 0.255 e. The van der Waals surface area contributed by atoms with Crippen molar-refractivity contribution < 1.29 is 9.59 Å². The number of hydrazine groups is 1. The monoisotopic (exact) mass is 217 g/mol. The van der Waals surface area contributed by atoms with Crippen LogP contribution in [-0.2, 0) is 9.59 Å². The molecule has 1 fully saturated rings. The zero-order chi connectivity index (χ0) is 11.5. The van der Waals surface area contributed by atoms with Gasteiger partial charge < -0.3 is 0 Å². The van der Waals surface area contributed by atoms with E-state index >= 15 is 0 Å². The first-order valence-electron chi connectivity index (χ1n) is 4.89. The molecule has 5 heteroatoms. The highest BCUT2D eigenvalue weighted by Crippen LogP contribution is 2.13. The van der Waals surface area contributed by atoms with Gasteiger partial charge in [-0.2, -0.15) is 5.01 Å². The summed E-state index contributed by atoms with van der Waals surface area (Å²) >= 11 is 0. The summed E-state index contributed by atoms with van der Waals surface area (Å²) in [6.07, 6.45) is 0.133. The quantitative estimate of drug-likeness (QED) is 0.763. The SMILES string of the molecule is CC(=O)N1NC(=Nc2ccccc2)CC1=O. The van der Waals surface area contributed by atoms with Gasteiger partial charge in [0.2, 0.25) is 5.91 Å². The van der Waals surface area contributed by atoms with E-state index in [1.54, 1.807) is 0 Å². The van der Waals surface area contributed by atoms with Crippen molar-refractivity contribution in [2.45, 2.75) is 13.3 Å². The minimum absolute atomic E-state index is 0.133. The number of hydrogen-bond donors (Lipinski definition) is 1. The van der Waals surface area contributed by atoms with Crippen LogP contribution in [0.4, 0.5) is 5.69 Å². The van der Waals surface area contributed by atoms with Gasteiger partial charge in [-0.05, 0) is 12.1 Å². The van der Waals surface area contributed by atoms with Crippen molar-refractivity contribution in [1.29, 1.82) is 0 Å². The largest absolute Gasteiger partial charge is 0.275 e. The molecule has 1 aromatic rings. The molecule has 1 aliphatic rings. The highest BCUT2D eigenvalue weighted by atomic mass is 16.2. The lowest BCUT2D eigenvalue weighted by Gasteiger charge is -2.09. The van der Waals surface area contributed by atoms with Gasteiger partial charge in [-0.15, -0.1) is 0 Å². The molecule has 0 unspecified atom stereocenters. The number of nitrogens with one attached hydrogen (secondary N) is 1. The predicted molar refractivity (Wildman–Crippen MR) is 58.8 cm³/mol. The van der Waals surface area contributed by atoms with Crippen LogP contribution in [0.2, 0.25) is 0 Å². The fraction of sp³-hybridized carbons (Fsp3) is 0.182. The zero-order valence-corrected chi connectivity index (χ0v) is 8.80. The van der Waals surface area contributed by atoms with E-state index in [1.165, 1.54) is 6.92 Å². The van der Waals surface area contributed by atoms with E-state index in [4.69, 9.17) is 0 Å². The zero-order valence-electron chi connectivity index (χ0n) is 8.80. The number of benzene rings is 1. The van der Waals surface area contributed by atoms with E-state index in [1.807, 2.05) is 30.3 Å². The fourth-order valence-corrected chi connectivity index (χ4v) is 1.43. The lowest BCUT2D eigenvalue weighted by molar-refractivity contribution is -0.143. The van der Waals surface area contributed by atoms with E-state index in [-0.39, 0.29) is 18.2 Å². The molecule has 2 amide bonds. The molecule has 1 aromatic carbocycles. The second-order valence-electron chi connectivity index (χ2n) is 3.43. The predicted octanol–water partition coefficient (Wildman–Crippen LogP) is 1.00. The number of carbonyl (C=O) groups is 2. The number of imide groups is 1. The Kier molecular flexibility index (Phi) is 2.68. The first kappa shape index (κ1) is 10.4. The van der Waals surface area contributed by atoms with E-state index in [0.29, 0.717) is 5.84 Å². The third-order valence-corrected chi connectivity index (χ3v) is 2.14. The van der Waals surface area contributed by atoms with Crippen LogP contribution in [0.5, 0.6) is 0 Å². The summed E-state index contributed by atoms with van der Waals surface area (Å²) in [5.41, 5.74) is 3.43. The molecule has 16 heavy (non-hydrogen) atoms. The van der Waals surface area contributed by atoms with E-state index in [0.717, 1.165) is 10.7 Å². The summed E-state index contributed by atoms with van der Waals surface area (Å²) in [6, 6.07) is 9.27. The average Bonchev–Trinajstić information content (AvgIpc) is 2.61. The Morgan fingerprint density at radius 3 is 2.62 bits per heavy atom. The minimum Gasteiger partial charge on any atom is -0.275 e. The average molecular weight is 217 g/mol. The normalized spacial score (nSPS) is 17.7. The first-order chi connectivity index (χ1) is 7.66. The van der Waals surface area contributed by atoms with Crippen LogP contribution in [0.1, 0.15) is 13.3 Å². The van der Waals surface area contributed by atoms with Gasteiger partial charge in [0.1, 0.15) is 5.84 Å². The van der Waals surface area contributed by atoms with Gasteiger partial charge in [-0.3, -0.25) is 15.0 Å². The second-order valence-corrected chi connectivity index (χ2v) is 3.43. The molecular weight excluding hydrogens is 206 g/mol. The van der Waals surface area contributed by atoms with Crippen molar-refractivity contribution in [3.8, 4) is 0 Å². The van der Waals surface area contributed by atoms with Crippen molar-refractivity contribution in [1.82, 2.24) is 10.4 Å². The Morgan fingerprint density at radius 1 is 1.38 bits per heavy atom. The lowest BCUT2D eigenvalue weighted by Crippen LogP contribution is -2.39. The number of rotatable bonds is 1. The fourth-order valence-electron chi connectivity index (χ4n) is 1.43. The van der Waals surface area contributed by atoms with Gasteiger partial charge in [0, 0.05) is 6.92 Å². The first-order valence-corrected chi connectivity index (χ1v) is 4.89. The number of aliphatic imine (C=N–C) groups is 1. The molecule has 2 rings (SSSR count). The highest BCUT2D eigenvalue weighted by molar-refractivity contribution is 6.11. The molecule has 0 bridgehead atoms. The van der Waals surface area contributed by atoms with Crippen LogP contribution in [0.15, 0.2) is 35.3 Å². The molecule has 0 atom stereocenters. The number of para-hydroxylation sites is 1. The van der Waals surface area contributed by atoms with Gasteiger partial charge in [0.15, 0.2) is 0 Å². The molecule has 0 saturated carbocycles. The number of nitrogens with zero attached hydrogens (tertiary/aromatic N) is 2. The summed E-state index contributed by atoms with van der Waals surface area (Å²) in [6.45, 7) is 1.33. The molecule has 1 aliphatic heterocycles. The van der Waals surface area contributed by atoms with Crippen LogP contribution in [0.3, 0.4) is 0 Å². The van der Waals surface area contributed by atoms with Gasteiger partial charge >= 0.3 is 0 Å². The topological polar surface area (TPSA) is 61.8 Å². The minimum atomic E-state index is -0.330. The number of hydrogen-bond acceptors (Lipinski definition) is 3. The maximum Gasteiger partial charge on any atom is 0.255 e. The van der Waals surface area contributed by atoms with Crippen molar-refractivity contribution in [2.75, 3.05) is 0 Å². The number of amidine groups is 1. The van der Waals surface area contributed by atoms with Gasteiger partial charge in [-0.25, -0.2) is 4.99 Å². The molecule has 0 spiro atoms. The third kappa shape index (κ3) is 2.08. The standard InChI is InChI=1S/C11H11N3O2/c1-8(15)14-11(16)7-10(13-14)12-9-5-3-2-4-6-9/h2-6H,7H2,1H3,(H,12,13). The van der Waals surface area contributed by atoms with Crippen LogP contribution >= 0.6 is 0 Å². The van der Waals surface area contributed by atoms with E-state index in [2.05, 4.69) is 10.4 Å². The van der Waals surface area contributed by atoms with Crippen LogP contribution in [0.25, 0.3) is 0 Å². The summed E-state index contributed by atoms with van der Waals surface area (Å²) in [5, 5.41) is 0.974. The van der Waals surface area contributed by atoms with Crippen molar-refractivity contribution in [3.63, 3.8) is 0 Å². The highest BCUT2D eigenvalue weighted by Gasteiger charge is 2.28. The van der Waals surface area contributed by atoms with E-state index in [9.17, 15) is 9.59 Å². The van der Waals surface area contributed by atoms with Crippen LogP contribution < -0.4 is 5.43 Å². The Balaban J connectivity index is 2.17. The Bertz CT molecular complexity index is 454. The van der Waals surface area contributed by atoms with Crippen molar-refractivity contribution in [2.24, 2.45) is 4.99 Å². The maximum absolute atomic E-state index is 11.4. The van der Waals surface area contributed by atoms with Crippen molar-refractivity contribution >= 4 is 23.3 Å². The molecule has 82 valence electrons. The van der Waals surface area contributed by atoms with Crippen molar-refractivity contribution in [3.05, 3.63) is 30.3 Å². The van der Waals surface area contributed by atoms with Crippen LogP contribution in [0, 0.1) is 0 Å². The third-order valence-electron chi connectivity index (χ3n) is 2.14. The number of amides is 2.